The Morgan fingerprint density at radius 2 is 2.30 bits per heavy atom. The van der Waals surface area contributed by atoms with E-state index in [0.29, 0.717) is 18.9 Å². The fourth-order valence-corrected chi connectivity index (χ4v) is 5.15. The number of carbonyl (C=O) groups excluding carboxylic acids is 1. The third kappa shape index (κ3) is 4.32. The van der Waals surface area contributed by atoms with Gasteiger partial charge in [-0.2, -0.15) is 5.10 Å². The Balaban J connectivity index is 1.50. The topological polar surface area (TPSA) is 95.2 Å². The van der Waals surface area contributed by atoms with E-state index in [0.717, 1.165) is 37.3 Å². The van der Waals surface area contributed by atoms with E-state index in [1.54, 1.807) is 0 Å². The van der Waals surface area contributed by atoms with E-state index in [-0.39, 0.29) is 23.5 Å². The van der Waals surface area contributed by atoms with Gasteiger partial charge in [0.25, 0.3) is 0 Å². The first-order valence-corrected chi connectivity index (χ1v) is 9.97. The first-order valence-electron chi connectivity index (χ1n) is 8.15. The number of sulfone groups is 1. The van der Waals surface area contributed by atoms with Gasteiger partial charge in [-0.15, -0.1) is 0 Å². The van der Waals surface area contributed by atoms with Crippen LogP contribution in [-0.4, -0.2) is 66.6 Å². The summed E-state index contributed by atoms with van der Waals surface area (Å²) >= 11 is 0. The highest BCUT2D eigenvalue weighted by atomic mass is 32.2. The van der Waals surface area contributed by atoms with Crippen molar-refractivity contribution in [3.05, 3.63) is 17.5 Å². The third-order valence-corrected chi connectivity index (χ3v) is 6.38. The van der Waals surface area contributed by atoms with E-state index in [1.165, 1.54) is 0 Å². The van der Waals surface area contributed by atoms with Gasteiger partial charge in [-0.25, -0.2) is 8.42 Å². The number of hydrogen-bond acceptors (Lipinski definition) is 5. The summed E-state index contributed by atoms with van der Waals surface area (Å²) in [5, 5.41) is 10.2. The second-order valence-electron chi connectivity index (χ2n) is 6.72. The molecule has 128 valence electrons. The molecule has 2 aliphatic rings. The molecule has 2 fully saturated rings. The highest BCUT2D eigenvalue weighted by Gasteiger charge is 2.30. The first-order chi connectivity index (χ1) is 10.9. The maximum atomic E-state index is 12.2. The molecule has 1 aromatic heterocycles. The quantitative estimate of drug-likeness (QED) is 0.816. The summed E-state index contributed by atoms with van der Waals surface area (Å²) in [6.45, 7) is 4.04. The SMILES string of the molecule is Cc1cc(C2CCCN(CC(=O)NC3CCS(=O)(=O)C3)C2)n[nH]1. The monoisotopic (exact) mass is 340 g/mol. The maximum Gasteiger partial charge on any atom is 0.234 e. The van der Waals surface area contributed by atoms with Crippen LogP contribution in [0.5, 0.6) is 0 Å². The number of amides is 1. The highest BCUT2D eigenvalue weighted by Crippen LogP contribution is 2.25. The Labute approximate surface area is 136 Å². The number of hydrogen-bond donors (Lipinski definition) is 2. The summed E-state index contributed by atoms with van der Waals surface area (Å²) in [6.07, 6.45) is 2.66. The molecule has 1 amide bonds. The molecule has 23 heavy (non-hydrogen) atoms. The first kappa shape index (κ1) is 16.4. The number of nitrogens with one attached hydrogen (secondary N) is 2. The van der Waals surface area contributed by atoms with Crippen molar-refractivity contribution in [3.8, 4) is 0 Å². The average molecular weight is 340 g/mol. The Morgan fingerprint density at radius 1 is 1.48 bits per heavy atom. The minimum Gasteiger partial charge on any atom is -0.351 e. The lowest BCUT2D eigenvalue weighted by Crippen LogP contribution is -2.45. The van der Waals surface area contributed by atoms with Crippen LogP contribution >= 0.6 is 0 Å². The molecular weight excluding hydrogens is 316 g/mol. The van der Waals surface area contributed by atoms with Crippen LogP contribution in [0.15, 0.2) is 6.07 Å². The molecule has 7 nitrogen and oxygen atoms in total. The van der Waals surface area contributed by atoms with Gasteiger partial charge in [0.1, 0.15) is 0 Å². The van der Waals surface area contributed by atoms with E-state index < -0.39 is 9.84 Å². The predicted molar refractivity (Wildman–Crippen MR) is 86.9 cm³/mol. The number of aryl methyl sites for hydroxylation is 1. The third-order valence-electron chi connectivity index (χ3n) is 4.61. The van der Waals surface area contributed by atoms with E-state index >= 15 is 0 Å². The summed E-state index contributed by atoms with van der Waals surface area (Å²) in [7, 11) is -2.96. The lowest BCUT2D eigenvalue weighted by Gasteiger charge is -2.31. The van der Waals surface area contributed by atoms with E-state index in [1.807, 2.05) is 6.92 Å². The minimum absolute atomic E-state index is 0.0773. The lowest BCUT2D eigenvalue weighted by atomic mass is 9.94. The number of nitrogens with zero attached hydrogens (tertiary/aromatic N) is 2. The number of piperidine rings is 1. The molecule has 2 saturated heterocycles. The largest absolute Gasteiger partial charge is 0.351 e. The van der Waals surface area contributed by atoms with Gasteiger partial charge in [-0.05, 0) is 38.8 Å². The second-order valence-corrected chi connectivity index (χ2v) is 8.95. The Morgan fingerprint density at radius 3 is 2.96 bits per heavy atom. The molecule has 1 aromatic rings. The zero-order chi connectivity index (χ0) is 16.4. The van der Waals surface area contributed by atoms with Crippen LogP contribution < -0.4 is 5.32 Å². The number of aromatic nitrogens is 2. The van der Waals surface area contributed by atoms with Crippen LogP contribution in [-0.2, 0) is 14.6 Å². The van der Waals surface area contributed by atoms with Gasteiger partial charge in [0.05, 0.1) is 23.7 Å². The van der Waals surface area contributed by atoms with Crippen molar-refractivity contribution < 1.29 is 13.2 Å². The van der Waals surface area contributed by atoms with E-state index in [9.17, 15) is 13.2 Å². The zero-order valence-electron chi connectivity index (χ0n) is 13.4. The van der Waals surface area contributed by atoms with Crippen LogP contribution in [0.25, 0.3) is 0 Å². The number of aromatic amines is 1. The summed E-state index contributed by atoms with van der Waals surface area (Å²) in [5.41, 5.74) is 2.12. The predicted octanol–water partition coefficient (Wildman–Crippen LogP) is 0.201. The minimum atomic E-state index is -2.96. The summed E-state index contributed by atoms with van der Waals surface area (Å²) in [4.78, 5) is 14.3. The van der Waals surface area contributed by atoms with Gasteiger partial charge in [-0.1, -0.05) is 0 Å². The van der Waals surface area contributed by atoms with Crippen LogP contribution in [0.4, 0.5) is 0 Å². The molecular formula is C15H24N4O3S. The smallest absolute Gasteiger partial charge is 0.234 e. The molecule has 0 saturated carbocycles. The number of carbonyl (C=O) groups is 1. The second kappa shape index (κ2) is 6.60. The van der Waals surface area contributed by atoms with Crippen LogP contribution in [0.1, 0.15) is 36.6 Å². The van der Waals surface area contributed by atoms with Crippen molar-refractivity contribution in [2.75, 3.05) is 31.1 Å². The summed E-state index contributed by atoms with van der Waals surface area (Å²) in [5.74, 6) is 0.537. The van der Waals surface area contributed by atoms with Gasteiger partial charge < -0.3 is 5.32 Å². The van der Waals surface area contributed by atoms with Gasteiger partial charge in [0, 0.05) is 24.2 Å². The Bertz CT molecular complexity index is 670. The van der Waals surface area contributed by atoms with Crippen LogP contribution in [0, 0.1) is 6.92 Å². The van der Waals surface area contributed by atoms with Gasteiger partial charge in [0.15, 0.2) is 9.84 Å². The van der Waals surface area contributed by atoms with Crippen molar-refractivity contribution in [1.29, 1.82) is 0 Å². The van der Waals surface area contributed by atoms with Gasteiger partial charge in [-0.3, -0.25) is 14.8 Å². The van der Waals surface area contributed by atoms with Gasteiger partial charge >= 0.3 is 0 Å². The van der Waals surface area contributed by atoms with E-state index in [4.69, 9.17) is 0 Å². The molecule has 0 aromatic carbocycles. The highest BCUT2D eigenvalue weighted by molar-refractivity contribution is 7.91. The molecule has 3 heterocycles. The van der Waals surface area contributed by atoms with Crippen molar-refractivity contribution in [2.45, 2.75) is 38.1 Å². The molecule has 0 spiro atoms. The fraction of sp³-hybridized carbons (Fsp3) is 0.733. The molecule has 8 heteroatoms. The summed E-state index contributed by atoms with van der Waals surface area (Å²) < 4.78 is 22.9. The van der Waals surface area contributed by atoms with Crippen molar-refractivity contribution >= 4 is 15.7 Å². The Hall–Kier alpha value is -1.41. The fourth-order valence-electron chi connectivity index (χ4n) is 3.47. The molecule has 0 bridgehead atoms. The molecule has 3 rings (SSSR count). The van der Waals surface area contributed by atoms with Crippen LogP contribution in [0.3, 0.4) is 0 Å². The maximum absolute atomic E-state index is 12.2. The molecule has 2 N–H and O–H groups in total. The number of H-pyrrole nitrogens is 1. The molecule has 2 aliphatic heterocycles. The lowest BCUT2D eigenvalue weighted by molar-refractivity contribution is -0.123. The van der Waals surface area contributed by atoms with Gasteiger partial charge in [0.2, 0.25) is 5.91 Å². The molecule has 2 atom stereocenters. The number of rotatable bonds is 4. The zero-order valence-corrected chi connectivity index (χ0v) is 14.2. The Kier molecular flexibility index (Phi) is 4.72. The van der Waals surface area contributed by atoms with Crippen molar-refractivity contribution in [3.63, 3.8) is 0 Å². The normalized spacial score (nSPS) is 27.9. The standard InChI is InChI=1S/C15H24N4O3S/c1-11-7-14(18-17-11)12-3-2-5-19(8-12)9-15(20)16-13-4-6-23(21,22)10-13/h7,12-13H,2-6,8-10H2,1H3,(H,16,20)(H,17,18). The summed E-state index contributed by atoms with van der Waals surface area (Å²) in [6, 6.07) is 1.85. The van der Waals surface area contributed by atoms with Crippen LogP contribution in [0.2, 0.25) is 0 Å². The molecule has 0 aliphatic carbocycles. The number of likely N-dealkylation sites (tertiary alicyclic amines) is 1. The van der Waals surface area contributed by atoms with Crippen molar-refractivity contribution in [2.24, 2.45) is 0 Å². The average Bonchev–Trinajstić information content (AvgIpc) is 3.05. The molecule has 2 unspecified atom stereocenters. The molecule has 0 radical (unpaired) electrons. The van der Waals surface area contributed by atoms with Crippen molar-refractivity contribution in [1.82, 2.24) is 20.4 Å². The van der Waals surface area contributed by atoms with E-state index in [2.05, 4.69) is 26.5 Å².